The van der Waals surface area contributed by atoms with E-state index in [2.05, 4.69) is 30.4 Å². The first-order valence-corrected chi connectivity index (χ1v) is 6.81. The molecule has 0 saturated carbocycles. The quantitative estimate of drug-likeness (QED) is 0.872. The lowest BCUT2D eigenvalue weighted by atomic mass is 10.0. The van der Waals surface area contributed by atoms with Crippen molar-refractivity contribution in [2.24, 2.45) is 0 Å². The average Bonchev–Trinajstić information content (AvgIpc) is 2.52. The highest BCUT2D eigenvalue weighted by Gasteiger charge is 2.09. The van der Waals surface area contributed by atoms with Gasteiger partial charge in [-0.05, 0) is 30.3 Å². The molecule has 0 radical (unpaired) electrons. The van der Waals surface area contributed by atoms with E-state index in [0.29, 0.717) is 0 Å². The maximum atomic E-state index is 5.43. The van der Waals surface area contributed by atoms with Crippen LogP contribution in [-0.4, -0.2) is 20.8 Å². The van der Waals surface area contributed by atoms with Crippen molar-refractivity contribution in [1.29, 1.82) is 0 Å². The first-order chi connectivity index (χ1) is 9.80. The molecule has 2 rings (SSSR count). The minimum Gasteiger partial charge on any atom is -0.496 e. The van der Waals surface area contributed by atoms with E-state index in [0.717, 1.165) is 41.3 Å². The normalized spacial score (nSPS) is 10.3. The minimum atomic E-state index is 0.794. The number of nitrogens with one attached hydrogen (secondary N) is 1. The molecule has 0 atom stereocenters. The van der Waals surface area contributed by atoms with Gasteiger partial charge in [0.25, 0.3) is 0 Å². The van der Waals surface area contributed by atoms with Crippen LogP contribution in [0.3, 0.4) is 0 Å². The number of ether oxygens (including phenoxy) is 2. The van der Waals surface area contributed by atoms with Crippen molar-refractivity contribution in [3.8, 4) is 22.6 Å². The summed E-state index contributed by atoms with van der Waals surface area (Å²) in [4.78, 5) is 0. The molecular weight excluding hydrogens is 250 g/mol. The third-order valence-corrected chi connectivity index (χ3v) is 3.26. The molecule has 0 spiro atoms. The second-order valence-electron chi connectivity index (χ2n) is 4.51. The van der Waals surface area contributed by atoms with E-state index >= 15 is 0 Å². The van der Waals surface area contributed by atoms with Crippen LogP contribution in [0.5, 0.6) is 11.5 Å². The van der Waals surface area contributed by atoms with E-state index in [-0.39, 0.29) is 0 Å². The number of hydrogen-bond donors (Lipinski definition) is 1. The Morgan fingerprint density at radius 2 is 1.70 bits per heavy atom. The standard InChI is InChI=1S/C17H21NO2/c1-4-18-12-14-11-13(9-10-16(14)19-2)15-7-5-6-8-17(15)20-3/h5-11,18H,4,12H2,1-3H3. The monoisotopic (exact) mass is 271 g/mol. The molecular formula is C17H21NO2. The van der Waals surface area contributed by atoms with E-state index in [1.165, 1.54) is 0 Å². The summed E-state index contributed by atoms with van der Waals surface area (Å²) in [5.74, 6) is 1.79. The molecule has 20 heavy (non-hydrogen) atoms. The molecule has 3 nitrogen and oxygen atoms in total. The van der Waals surface area contributed by atoms with Crippen LogP contribution in [0.25, 0.3) is 11.1 Å². The molecule has 0 unspecified atom stereocenters. The molecule has 0 aliphatic rings. The van der Waals surface area contributed by atoms with Gasteiger partial charge in [-0.15, -0.1) is 0 Å². The molecule has 0 aromatic heterocycles. The molecule has 1 N–H and O–H groups in total. The zero-order valence-corrected chi connectivity index (χ0v) is 12.3. The smallest absolute Gasteiger partial charge is 0.126 e. The Labute approximate surface area is 120 Å². The molecule has 106 valence electrons. The van der Waals surface area contributed by atoms with E-state index in [1.54, 1.807) is 14.2 Å². The van der Waals surface area contributed by atoms with Crippen LogP contribution in [0, 0.1) is 0 Å². The summed E-state index contributed by atoms with van der Waals surface area (Å²) in [5.41, 5.74) is 3.38. The number of methoxy groups -OCH3 is 2. The summed E-state index contributed by atoms with van der Waals surface area (Å²) in [6, 6.07) is 14.3. The summed E-state index contributed by atoms with van der Waals surface area (Å²) in [5, 5.41) is 3.34. The number of hydrogen-bond acceptors (Lipinski definition) is 3. The largest absolute Gasteiger partial charge is 0.496 e. The fraction of sp³-hybridized carbons (Fsp3) is 0.294. The van der Waals surface area contributed by atoms with E-state index in [4.69, 9.17) is 9.47 Å². The Morgan fingerprint density at radius 1 is 0.950 bits per heavy atom. The van der Waals surface area contributed by atoms with E-state index in [1.807, 2.05) is 24.3 Å². The van der Waals surface area contributed by atoms with Crippen molar-refractivity contribution >= 4 is 0 Å². The molecule has 0 aliphatic heterocycles. The molecule has 2 aromatic carbocycles. The molecule has 0 fully saturated rings. The SMILES string of the molecule is CCNCc1cc(-c2ccccc2OC)ccc1OC. The third kappa shape index (κ3) is 3.11. The highest BCUT2D eigenvalue weighted by molar-refractivity contribution is 5.71. The maximum absolute atomic E-state index is 5.43. The first kappa shape index (κ1) is 14.4. The van der Waals surface area contributed by atoms with Crippen LogP contribution in [0.1, 0.15) is 12.5 Å². The fourth-order valence-electron chi connectivity index (χ4n) is 2.23. The Kier molecular flexibility index (Phi) is 5.02. The molecule has 0 heterocycles. The fourth-order valence-corrected chi connectivity index (χ4v) is 2.23. The predicted octanol–water partition coefficient (Wildman–Crippen LogP) is 3.48. The van der Waals surface area contributed by atoms with Crippen LogP contribution in [-0.2, 0) is 6.54 Å². The third-order valence-electron chi connectivity index (χ3n) is 3.26. The van der Waals surface area contributed by atoms with Crippen molar-refractivity contribution in [2.75, 3.05) is 20.8 Å². The first-order valence-electron chi connectivity index (χ1n) is 6.81. The number of para-hydroxylation sites is 1. The molecule has 0 aliphatic carbocycles. The maximum Gasteiger partial charge on any atom is 0.126 e. The Hall–Kier alpha value is -2.00. The van der Waals surface area contributed by atoms with E-state index in [9.17, 15) is 0 Å². The Morgan fingerprint density at radius 3 is 2.40 bits per heavy atom. The Balaban J connectivity index is 2.41. The van der Waals surface area contributed by atoms with Gasteiger partial charge in [0.1, 0.15) is 11.5 Å². The lowest BCUT2D eigenvalue weighted by Crippen LogP contribution is -2.12. The van der Waals surface area contributed by atoms with Gasteiger partial charge in [-0.25, -0.2) is 0 Å². The zero-order chi connectivity index (χ0) is 14.4. The zero-order valence-electron chi connectivity index (χ0n) is 12.3. The van der Waals surface area contributed by atoms with Crippen LogP contribution in [0.15, 0.2) is 42.5 Å². The molecule has 0 saturated heterocycles. The summed E-state index contributed by atoms with van der Waals surface area (Å²) in [6.45, 7) is 3.82. The second-order valence-corrected chi connectivity index (χ2v) is 4.51. The van der Waals surface area contributed by atoms with Crippen molar-refractivity contribution in [3.63, 3.8) is 0 Å². The van der Waals surface area contributed by atoms with Crippen molar-refractivity contribution < 1.29 is 9.47 Å². The van der Waals surface area contributed by atoms with Crippen molar-refractivity contribution in [3.05, 3.63) is 48.0 Å². The van der Waals surface area contributed by atoms with Gasteiger partial charge in [-0.2, -0.15) is 0 Å². The summed E-state index contributed by atoms with van der Waals surface area (Å²) in [6.07, 6.45) is 0. The highest BCUT2D eigenvalue weighted by atomic mass is 16.5. The average molecular weight is 271 g/mol. The lowest BCUT2D eigenvalue weighted by molar-refractivity contribution is 0.408. The van der Waals surface area contributed by atoms with Gasteiger partial charge in [0.05, 0.1) is 14.2 Å². The lowest BCUT2D eigenvalue weighted by Gasteiger charge is -2.13. The van der Waals surface area contributed by atoms with Gasteiger partial charge in [0.15, 0.2) is 0 Å². The number of rotatable bonds is 6. The summed E-state index contributed by atoms with van der Waals surface area (Å²) in [7, 11) is 3.40. The van der Waals surface area contributed by atoms with Crippen LogP contribution < -0.4 is 14.8 Å². The molecule has 0 amide bonds. The highest BCUT2D eigenvalue weighted by Crippen LogP contribution is 2.32. The second kappa shape index (κ2) is 6.96. The van der Waals surface area contributed by atoms with Gasteiger partial charge >= 0.3 is 0 Å². The summed E-state index contributed by atoms with van der Waals surface area (Å²) < 4.78 is 10.8. The molecule has 0 bridgehead atoms. The molecule has 2 aromatic rings. The van der Waals surface area contributed by atoms with Gasteiger partial charge in [0, 0.05) is 17.7 Å². The van der Waals surface area contributed by atoms with Gasteiger partial charge < -0.3 is 14.8 Å². The van der Waals surface area contributed by atoms with Gasteiger partial charge in [-0.1, -0.05) is 31.2 Å². The van der Waals surface area contributed by atoms with Crippen molar-refractivity contribution in [2.45, 2.75) is 13.5 Å². The van der Waals surface area contributed by atoms with Crippen molar-refractivity contribution in [1.82, 2.24) is 5.32 Å². The van der Waals surface area contributed by atoms with Crippen LogP contribution >= 0.6 is 0 Å². The molecule has 3 heteroatoms. The Bertz CT molecular complexity index is 567. The predicted molar refractivity (Wildman–Crippen MR) is 82.4 cm³/mol. The van der Waals surface area contributed by atoms with Crippen LogP contribution in [0.2, 0.25) is 0 Å². The number of benzene rings is 2. The topological polar surface area (TPSA) is 30.5 Å². The minimum absolute atomic E-state index is 0.794. The van der Waals surface area contributed by atoms with Gasteiger partial charge in [0.2, 0.25) is 0 Å². The van der Waals surface area contributed by atoms with Crippen LogP contribution in [0.4, 0.5) is 0 Å². The van der Waals surface area contributed by atoms with Gasteiger partial charge in [-0.3, -0.25) is 0 Å². The van der Waals surface area contributed by atoms with E-state index < -0.39 is 0 Å². The summed E-state index contributed by atoms with van der Waals surface area (Å²) >= 11 is 0.